The molecule has 2 aromatic rings. The summed E-state index contributed by atoms with van der Waals surface area (Å²) < 4.78 is 60.8. The monoisotopic (exact) mass is 336 g/mol. The lowest BCUT2D eigenvalue weighted by Crippen LogP contribution is -2.24. The maximum absolute atomic E-state index is 12.6. The average molecular weight is 336 g/mol. The van der Waals surface area contributed by atoms with Crippen LogP contribution >= 0.6 is 0 Å². The van der Waals surface area contributed by atoms with Crippen molar-refractivity contribution in [2.24, 2.45) is 0 Å². The molecule has 0 aliphatic carbocycles. The Morgan fingerprint density at radius 3 is 2.50 bits per heavy atom. The van der Waals surface area contributed by atoms with Crippen molar-refractivity contribution in [3.8, 4) is 0 Å². The van der Waals surface area contributed by atoms with E-state index in [9.17, 15) is 26.4 Å². The van der Waals surface area contributed by atoms with Gasteiger partial charge >= 0.3 is 11.2 Å². The molecule has 120 valence electrons. The third kappa shape index (κ3) is 3.30. The van der Waals surface area contributed by atoms with Crippen LogP contribution in [0.25, 0.3) is 0 Å². The second kappa shape index (κ2) is 5.83. The summed E-state index contributed by atoms with van der Waals surface area (Å²) in [5.74, 6) is 0.300. The van der Waals surface area contributed by atoms with E-state index in [-0.39, 0.29) is 18.7 Å². The summed E-state index contributed by atoms with van der Waals surface area (Å²) in [6.07, 6.45) is 0.194. The predicted molar refractivity (Wildman–Crippen MR) is 71.1 cm³/mol. The van der Waals surface area contributed by atoms with E-state index < -0.39 is 25.9 Å². The van der Waals surface area contributed by atoms with Gasteiger partial charge in [0.05, 0.1) is 10.6 Å². The molecule has 0 fully saturated rings. The number of anilines is 1. The van der Waals surface area contributed by atoms with Crippen molar-refractivity contribution < 1.29 is 21.6 Å². The normalized spacial score (nSPS) is 12.3. The van der Waals surface area contributed by atoms with E-state index in [0.717, 1.165) is 6.07 Å². The summed E-state index contributed by atoms with van der Waals surface area (Å²) in [5.41, 5.74) is -6.05. The highest BCUT2D eigenvalue weighted by Gasteiger charge is 2.47. The highest BCUT2D eigenvalue weighted by molar-refractivity contribution is 7.92. The molecule has 7 nitrogen and oxygen atoms in total. The molecule has 1 aromatic heterocycles. The number of aromatic amines is 2. The number of alkyl halides is 3. The summed E-state index contributed by atoms with van der Waals surface area (Å²) in [6, 6.07) is 4.72. The minimum atomic E-state index is -5.44. The van der Waals surface area contributed by atoms with Gasteiger partial charge in [-0.05, 0) is 12.1 Å². The van der Waals surface area contributed by atoms with E-state index in [0.29, 0.717) is 5.82 Å². The van der Waals surface area contributed by atoms with Gasteiger partial charge < -0.3 is 5.32 Å². The number of halogens is 3. The van der Waals surface area contributed by atoms with E-state index in [2.05, 4.69) is 20.5 Å². The maximum atomic E-state index is 12.6. The van der Waals surface area contributed by atoms with Gasteiger partial charge in [-0.1, -0.05) is 12.1 Å². The highest BCUT2D eigenvalue weighted by atomic mass is 32.2. The smallest absolute Gasteiger partial charge is 0.384 e. The van der Waals surface area contributed by atoms with Crippen molar-refractivity contribution in [2.45, 2.75) is 16.8 Å². The fraction of sp³-hybridized carbons (Fsp3) is 0.273. The minimum Gasteiger partial charge on any atom is -0.384 e. The number of nitrogens with one attached hydrogen (secondary N) is 3. The zero-order chi connectivity index (χ0) is 16.4. The molecule has 2 rings (SSSR count). The number of benzene rings is 1. The Hall–Kier alpha value is -2.30. The van der Waals surface area contributed by atoms with Gasteiger partial charge in [-0.3, -0.25) is 4.98 Å². The van der Waals surface area contributed by atoms with E-state index in [1.54, 1.807) is 0 Å². The lowest BCUT2D eigenvalue weighted by molar-refractivity contribution is -0.0435. The second-order valence-electron chi connectivity index (χ2n) is 4.25. The van der Waals surface area contributed by atoms with Crippen LogP contribution < -0.4 is 11.0 Å². The Morgan fingerprint density at radius 2 is 1.91 bits per heavy atom. The first-order valence-electron chi connectivity index (χ1n) is 5.99. The summed E-state index contributed by atoms with van der Waals surface area (Å²) in [5, 5.41) is 8.36. The van der Waals surface area contributed by atoms with Gasteiger partial charge in [0.25, 0.3) is 9.84 Å². The molecule has 0 aliphatic rings. The largest absolute Gasteiger partial charge is 0.501 e. The molecule has 0 radical (unpaired) electrons. The van der Waals surface area contributed by atoms with Crippen molar-refractivity contribution >= 4 is 15.5 Å². The van der Waals surface area contributed by atoms with Crippen molar-refractivity contribution in [3.05, 3.63) is 40.6 Å². The number of sulfone groups is 1. The van der Waals surface area contributed by atoms with Gasteiger partial charge in [0.15, 0.2) is 0 Å². The van der Waals surface area contributed by atoms with Crippen molar-refractivity contribution in [1.82, 2.24) is 15.2 Å². The number of hydrogen-bond donors (Lipinski definition) is 3. The molecule has 0 saturated heterocycles. The molecule has 22 heavy (non-hydrogen) atoms. The number of hydrogen-bond acceptors (Lipinski definition) is 5. The van der Waals surface area contributed by atoms with E-state index in [1.807, 2.05) is 0 Å². The van der Waals surface area contributed by atoms with Crippen LogP contribution in [0.2, 0.25) is 0 Å². The Morgan fingerprint density at radius 1 is 1.23 bits per heavy atom. The van der Waals surface area contributed by atoms with E-state index in [1.165, 1.54) is 18.2 Å². The lowest BCUT2D eigenvalue weighted by Gasteiger charge is -2.13. The van der Waals surface area contributed by atoms with Crippen LogP contribution in [0, 0.1) is 0 Å². The van der Waals surface area contributed by atoms with Gasteiger partial charge in [0.2, 0.25) is 0 Å². The number of nitrogens with zero attached hydrogens (tertiary/aromatic N) is 1. The standard InChI is InChI=1S/C11H11F3N4O3S/c12-11(13,14)22(20,21)8-4-2-1-3-7(8)15-6-5-9-16-10(19)18-17-9/h1-4,15H,5-6H2,(H2,16,17,18,19). The minimum absolute atomic E-state index is 0.0885. The molecule has 1 heterocycles. The highest BCUT2D eigenvalue weighted by Crippen LogP contribution is 2.34. The summed E-state index contributed by atoms with van der Waals surface area (Å²) >= 11 is 0. The molecule has 0 spiro atoms. The first-order valence-corrected chi connectivity index (χ1v) is 7.48. The van der Waals surface area contributed by atoms with Crippen LogP contribution in [0.15, 0.2) is 34.0 Å². The quantitative estimate of drug-likeness (QED) is 0.756. The molecule has 0 aliphatic heterocycles. The lowest BCUT2D eigenvalue weighted by atomic mass is 10.3. The Kier molecular flexibility index (Phi) is 4.26. The molecule has 0 saturated carbocycles. The van der Waals surface area contributed by atoms with E-state index >= 15 is 0 Å². The Balaban J connectivity index is 2.17. The van der Waals surface area contributed by atoms with Crippen LogP contribution in [-0.4, -0.2) is 35.7 Å². The van der Waals surface area contributed by atoms with Gasteiger partial charge in [0.1, 0.15) is 5.82 Å². The average Bonchev–Trinajstić information content (AvgIpc) is 2.83. The molecule has 1 aromatic carbocycles. The van der Waals surface area contributed by atoms with Crippen LogP contribution in [0.1, 0.15) is 5.82 Å². The third-order valence-electron chi connectivity index (χ3n) is 2.71. The van der Waals surface area contributed by atoms with Crippen LogP contribution in [0.5, 0.6) is 0 Å². The van der Waals surface area contributed by atoms with E-state index in [4.69, 9.17) is 0 Å². The molecule has 0 atom stereocenters. The number of aromatic nitrogens is 3. The molecule has 0 unspecified atom stereocenters. The van der Waals surface area contributed by atoms with Gasteiger partial charge in [-0.15, -0.1) is 0 Å². The van der Waals surface area contributed by atoms with Gasteiger partial charge in [0, 0.05) is 13.0 Å². The molecule has 0 bridgehead atoms. The number of H-pyrrole nitrogens is 2. The van der Waals surface area contributed by atoms with Crippen LogP contribution in [0.4, 0.5) is 18.9 Å². The van der Waals surface area contributed by atoms with Gasteiger partial charge in [-0.2, -0.15) is 18.3 Å². The zero-order valence-electron chi connectivity index (χ0n) is 10.9. The van der Waals surface area contributed by atoms with Crippen LogP contribution in [0.3, 0.4) is 0 Å². The zero-order valence-corrected chi connectivity index (χ0v) is 11.8. The fourth-order valence-electron chi connectivity index (χ4n) is 1.71. The SMILES string of the molecule is O=c1[nH]nc(CCNc2ccccc2S(=O)(=O)C(F)(F)F)[nH]1. The van der Waals surface area contributed by atoms with Crippen molar-refractivity contribution in [2.75, 3.05) is 11.9 Å². The maximum Gasteiger partial charge on any atom is 0.501 e. The van der Waals surface area contributed by atoms with Crippen LogP contribution in [-0.2, 0) is 16.3 Å². The fourth-order valence-corrected chi connectivity index (χ4v) is 2.65. The summed E-state index contributed by atoms with van der Waals surface area (Å²) in [6.45, 7) is 0.0885. The Bertz CT molecular complexity index is 810. The predicted octanol–water partition coefficient (Wildman–Crippen LogP) is 1.05. The topological polar surface area (TPSA) is 108 Å². The first-order chi connectivity index (χ1) is 10.2. The summed E-state index contributed by atoms with van der Waals surface area (Å²) in [7, 11) is -5.44. The van der Waals surface area contributed by atoms with Gasteiger partial charge in [-0.25, -0.2) is 18.3 Å². The summed E-state index contributed by atoms with van der Waals surface area (Å²) in [4.78, 5) is 12.3. The molecular formula is C11H11F3N4O3S. The third-order valence-corrected chi connectivity index (χ3v) is 4.25. The van der Waals surface area contributed by atoms with Crippen molar-refractivity contribution in [1.29, 1.82) is 0 Å². The Labute approximate surface area is 122 Å². The number of para-hydroxylation sites is 1. The molecule has 3 N–H and O–H groups in total. The second-order valence-corrected chi connectivity index (χ2v) is 6.16. The molecule has 0 amide bonds. The number of rotatable bonds is 5. The molecule has 11 heteroatoms. The first kappa shape index (κ1) is 16.1. The van der Waals surface area contributed by atoms with Crippen molar-refractivity contribution in [3.63, 3.8) is 0 Å². The molecular weight excluding hydrogens is 325 g/mol.